The van der Waals surface area contributed by atoms with E-state index >= 15 is 0 Å². The van der Waals surface area contributed by atoms with Crippen molar-refractivity contribution in [1.82, 2.24) is 9.97 Å². The van der Waals surface area contributed by atoms with Gasteiger partial charge in [-0.25, -0.2) is 0 Å². The number of hydrogen-bond acceptors (Lipinski definition) is 2. The van der Waals surface area contributed by atoms with Crippen LogP contribution in [0.1, 0.15) is 0 Å². The molecule has 2 nitrogen and oxygen atoms in total. The summed E-state index contributed by atoms with van der Waals surface area (Å²) in [5.74, 6) is 0. The Balaban J connectivity index is 1.28. The van der Waals surface area contributed by atoms with E-state index in [9.17, 15) is 0 Å². The lowest BCUT2D eigenvalue weighted by atomic mass is 9.82. The second-order valence-electron chi connectivity index (χ2n) is 14.1. The van der Waals surface area contributed by atoms with Crippen molar-refractivity contribution in [3.63, 3.8) is 0 Å². The molecule has 0 N–H and O–H groups in total. The summed E-state index contributed by atoms with van der Waals surface area (Å²) in [6.07, 6.45) is 3.76. The molecule has 0 saturated carbocycles. The Morgan fingerprint density at radius 1 is 0.278 bits per heavy atom. The number of benzene rings is 9. The third-order valence-electron chi connectivity index (χ3n) is 11.1. The molecule has 0 fully saturated rings. The molecule has 0 atom stereocenters. The zero-order valence-electron chi connectivity index (χ0n) is 29.4. The quantitative estimate of drug-likeness (QED) is 0.136. The van der Waals surface area contributed by atoms with Crippen molar-refractivity contribution in [2.24, 2.45) is 0 Å². The van der Waals surface area contributed by atoms with Gasteiger partial charge in [0.1, 0.15) is 0 Å². The van der Waals surface area contributed by atoms with Crippen LogP contribution < -0.4 is 0 Å². The van der Waals surface area contributed by atoms with Crippen LogP contribution >= 0.6 is 0 Å². The monoisotopic (exact) mass is 684 g/mol. The summed E-state index contributed by atoms with van der Waals surface area (Å²) < 4.78 is 0. The fourth-order valence-corrected chi connectivity index (χ4v) is 8.69. The van der Waals surface area contributed by atoms with Gasteiger partial charge in [-0.15, -0.1) is 0 Å². The SMILES string of the molecule is c1ccc(-c2ccc(-c3ccc4c(-c5cc6ccccc6c6ccccc56)c5ccccc5c(-c5cc6ccccc6c6ccccc56)c4c3)nc2)nc1. The predicted octanol–water partition coefficient (Wildman–Crippen LogP) is 14.1. The van der Waals surface area contributed by atoms with Gasteiger partial charge in [0.2, 0.25) is 0 Å². The van der Waals surface area contributed by atoms with E-state index < -0.39 is 0 Å². The number of hydrogen-bond donors (Lipinski definition) is 0. The standard InChI is InChI=1S/C52H32N2/c1-3-15-37-33(13-1)29-46(41-19-7-5-17-39(37)41)51-43-21-9-10-22-44(43)52(47-30-34-14-2-4-16-38(34)40-18-6-8-20-42(40)47)48-31-35(24-26-45(48)51)50-27-25-36(32-54-50)49-23-11-12-28-53-49/h1-32H. The first-order chi connectivity index (χ1) is 26.8. The number of nitrogens with zero attached hydrogens (tertiary/aromatic N) is 2. The minimum absolute atomic E-state index is 0.916. The van der Waals surface area contributed by atoms with E-state index in [4.69, 9.17) is 4.98 Å². The van der Waals surface area contributed by atoms with Crippen molar-refractivity contribution in [3.8, 4) is 44.8 Å². The average molecular weight is 685 g/mol. The first kappa shape index (κ1) is 30.5. The largest absolute Gasteiger partial charge is 0.256 e. The van der Waals surface area contributed by atoms with Crippen LogP contribution in [0.25, 0.3) is 109 Å². The molecule has 250 valence electrons. The molecule has 0 amide bonds. The minimum atomic E-state index is 0.916. The van der Waals surface area contributed by atoms with Crippen LogP contribution in [0.4, 0.5) is 0 Å². The lowest BCUT2D eigenvalue weighted by Gasteiger charge is -2.21. The van der Waals surface area contributed by atoms with E-state index in [1.165, 1.54) is 86.9 Å². The van der Waals surface area contributed by atoms with Crippen LogP contribution in [0.3, 0.4) is 0 Å². The van der Waals surface area contributed by atoms with Gasteiger partial charge in [0, 0.05) is 23.5 Å². The summed E-state index contributed by atoms with van der Waals surface area (Å²) >= 11 is 0. The lowest BCUT2D eigenvalue weighted by molar-refractivity contribution is 1.28. The van der Waals surface area contributed by atoms with Crippen LogP contribution in [0.5, 0.6) is 0 Å². The first-order valence-corrected chi connectivity index (χ1v) is 18.5. The molecule has 0 bridgehead atoms. The van der Waals surface area contributed by atoms with Gasteiger partial charge in [-0.1, -0.05) is 140 Å². The third-order valence-corrected chi connectivity index (χ3v) is 11.1. The van der Waals surface area contributed by atoms with E-state index in [2.05, 4.69) is 169 Å². The number of fused-ring (bicyclic) bond motifs is 8. The molecule has 0 aliphatic carbocycles. The fourth-order valence-electron chi connectivity index (χ4n) is 8.69. The Bertz CT molecular complexity index is 3250. The van der Waals surface area contributed by atoms with Crippen LogP contribution in [-0.4, -0.2) is 9.97 Å². The van der Waals surface area contributed by atoms with E-state index in [0.29, 0.717) is 0 Å². The van der Waals surface area contributed by atoms with Gasteiger partial charge >= 0.3 is 0 Å². The summed E-state index contributed by atoms with van der Waals surface area (Å²) in [6.45, 7) is 0. The van der Waals surface area contributed by atoms with Crippen LogP contribution in [-0.2, 0) is 0 Å². The molecule has 0 radical (unpaired) electrons. The zero-order valence-corrected chi connectivity index (χ0v) is 29.4. The molecule has 54 heavy (non-hydrogen) atoms. The number of aromatic nitrogens is 2. The fraction of sp³-hybridized carbons (Fsp3) is 0. The molecule has 0 aliphatic rings. The second kappa shape index (κ2) is 12.2. The van der Waals surface area contributed by atoms with Crippen LogP contribution in [0.2, 0.25) is 0 Å². The highest BCUT2D eigenvalue weighted by molar-refractivity contribution is 6.28. The van der Waals surface area contributed by atoms with Crippen molar-refractivity contribution in [1.29, 1.82) is 0 Å². The van der Waals surface area contributed by atoms with Gasteiger partial charge in [-0.05, 0) is 129 Å². The Hall–Kier alpha value is -7.16. The lowest BCUT2D eigenvalue weighted by Crippen LogP contribution is -1.94. The second-order valence-corrected chi connectivity index (χ2v) is 14.1. The number of rotatable bonds is 4. The third kappa shape index (κ3) is 4.74. The van der Waals surface area contributed by atoms with Crippen molar-refractivity contribution in [2.75, 3.05) is 0 Å². The van der Waals surface area contributed by atoms with Crippen molar-refractivity contribution < 1.29 is 0 Å². The highest BCUT2D eigenvalue weighted by Gasteiger charge is 2.21. The van der Waals surface area contributed by atoms with Gasteiger partial charge in [0.15, 0.2) is 0 Å². The Kier molecular flexibility index (Phi) is 6.90. The Morgan fingerprint density at radius 3 is 1.30 bits per heavy atom. The molecule has 0 unspecified atom stereocenters. The molecule has 0 spiro atoms. The average Bonchev–Trinajstić information content (AvgIpc) is 3.25. The van der Waals surface area contributed by atoms with E-state index in [0.717, 1.165) is 22.5 Å². The Labute approximate surface area is 312 Å². The topological polar surface area (TPSA) is 25.8 Å². The summed E-state index contributed by atoms with van der Waals surface area (Å²) in [4.78, 5) is 9.56. The zero-order chi connectivity index (χ0) is 35.6. The van der Waals surface area contributed by atoms with Crippen LogP contribution in [0, 0.1) is 0 Å². The molecule has 11 rings (SSSR count). The molecule has 9 aromatic carbocycles. The maximum Gasteiger partial charge on any atom is 0.0717 e. The molecular formula is C52H32N2. The smallest absolute Gasteiger partial charge is 0.0717 e. The molecule has 2 heteroatoms. The predicted molar refractivity (Wildman–Crippen MR) is 229 cm³/mol. The maximum absolute atomic E-state index is 5.00. The first-order valence-electron chi connectivity index (χ1n) is 18.5. The van der Waals surface area contributed by atoms with Crippen molar-refractivity contribution in [3.05, 3.63) is 194 Å². The van der Waals surface area contributed by atoms with Gasteiger partial charge in [0.25, 0.3) is 0 Å². The summed E-state index contributed by atoms with van der Waals surface area (Å²) in [6, 6.07) is 66.2. The van der Waals surface area contributed by atoms with E-state index in [1.807, 2.05) is 30.6 Å². The highest BCUT2D eigenvalue weighted by atomic mass is 14.7. The maximum atomic E-state index is 5.00. The van der Waals surface area contributed by atoms with Gasteiger partial charge in [-0.2, -0.15) is 0 Å². The van der Waals surface area contributed by atoms with Crippen molar-refractivity contribution in [2.45, 2.75) is 0 Å². The van der Waals surface area contributed by atoms with Crippen LogP contribution in [0.15, 0.2) is 194 Å². The molecular weight excluding hydrogens is 653 g/mol. The van der Waals surface area contributed by atoms with E-state index in [-0.39, 0.29) is 0 Å². The minimum Gasteiger partial charge on any atom is -0.256 e. The summed E-state index contributed by atoms with van der Waals surface area (Å²) in [5, 5.41) is 14.9. The molecule has 2 heterocycles. The normalized spacial score (nSPS) is 11.7. The van der Waals surface area contributed by atoms with Gasteiger partial charge in [-0.3, -0.25) is 9.97 Å². The highest BCUT2D eigenvalue weighted by Crippen LogP contribution is 2.49. The molecule has 2 aromatic heterocycles. The summed E-state index contributed by atoms with van der Waals surface area (Å²) in [5.41, 5.74) is 8.88. The van der Waals surface area contributed by atoms with Gasteiger partial charge < -0.3 is 0 Å². The Morgan fingerprint density at radius 2 is 0.741 bits per heavy atom. The van der Waals surface area contributed by atoms with Crippen molar-refractivity contribution >= 4 is 64.6 Å². The summed E-state index contributed by atoms with van der Waals surface area (Å²) in [7, 11) is 0. The van der Waals surface area contributed by atoms with Gasteiger partial charge in [0.05, 0.1) is 11.4 Å². The van der Waals surface area contributed by atoms with E-state index in [1.54, 1.807) is 0 Å². The molecule has 0 aliphatic heterocycles. The molecule has 0 saturated heterocycles. The molecule has 11 aromatic rings. The number of pyridine rings is 2.